The summed E-state index contributed by atoms with van der Waals surface area (Å²) in [6.45, 7) is 0. The van der Waals surface area contributed by atoms with Crippen LogP contribution in [0.25, 0.3) is 11.0 Å². The predicted octanol–water partition coefficient (Wildman–Crippen LogP) is -0.453. The molecule has 106 valence electrons. The number of aromatic nitrogens is 3. The maximum absolute atomic E-state index is 4.89. The Balaban J connectivity index is 1.82. The van der Waals surface area contributed by atoms with Crippen LogP contribution in [0.1, 0.15) is 35.4 Å². The zero-order valence-corrected chi connectivity index (χ0v) is 13.7. The predicted molar refractivity (Wildman–Crippen MR) is 75.6 cm³/mol. The van der Waals surface area contributed by atoms with Crippen LogP contribution < -0.4 is 26.1 Å². The second-order valence-electron chi connectivity index (χ2n) is 5.60. The van der Waals surface area contributed by atoms with Crippen LogP contribution in [0, 0.1) is 0 Å². The van der Waals surface area contributed by atoms with E-state index in [9.17, 15) is 0 Å². The van der Waals surface area contributed by atoms with Crippen molar-refractivity contribution >= 4 is 16.9 Å². The molecule has 2 aliphatic rings. The number of pyridine rings is 1. The van der Waals surface area contributed by atoms with Gasteiger partial charge in [-0.15, -0.1) is 0 Å². The van der Waals surface area contributed by atoms with Crippen LogP contribution in [0.2, 0.25) is 0 Å². The van der Waals surface area contributed by atoms with Crippen LogP contribution >= 0.6 is 0 Å². The van der Waals surface area contributed by atoms with E-state index in [2.05, 4.69) is 23.0 Å². The Kier molecular flexibility index (Phi) is 3.24. The molecule has 1 saturated heterocycles. The Labute approximate surface area is 129 Å². The first-order chi connectivity index (χ1) is 9.83. The van der Waals surface area contributed by atoms with Gasteiger partial charge in [0.15, 0.2) is 0 Å². The molecule has 0 N–H and O–H groups in total. The van der Waals surface area contributed by atoms with E-state index in [4.69, 9.17) is 9.97 Å². The van der Waals surface area contributed by atoms with E-state index in [1.54, 1.807) is 0 Å². The molecule has 4 nitrogen and oxygen atoms in total. The van der Waals surface area contributed by atoms with E-state index in [-0.39, 0.29) is 0 Å². The van der Waals surface area contributed by atoms with E-state index < -0.39 is 0 Å². The third-order valence-electron chi connectivity index (χ3n) is 4.25. The molecule has 2 aromatic rings. The molecule has 2 aromatic heterocycles. The fraction of sp³-hybridized carbons (Fsp3) is 0.533. The van der Waals surface area contributed by atoms with Crippen molar-refractivity contribution < 1.29 is 21.2 Å². The number of rotatable bonds is 3. The summed E-state index contributed by atoms with van der Waals surface area (Å²) in [5, 5.41) is 0. The van der Waals surface area contributed by atoms with Crippen LogP contribution in [0.5, 0.6) is 0 Å². The molecule has 0 aromatic carbocycles. The topological polar surface area (TPSA) is 41.9 Å². The normalized spacial score (nSPS) is 22.8. The van der Waals surface area contributed by atoms with E-state index >= 15 is 0 Å². The minimum absolute atomic E-state index is 0.331. The van der Waals surface area contributed by atoms with Crippen LogP contribution in [-0.4, -0.2) is 32.5 Å². The van der Waals surface area contributed by atoms with Crippen molar-refractivity contribution in [3.8, 4) is 0 Å². The number of nitrogens with zero attached hydrogens (tertiary/aromatic N) is 4. The number of halogens is 1. The fourth-order valence-corrected chi connectivity index (χ4v) is 4.32. The van der Waals surface area contributed by atoms with Crippen molar-refractivity contribution in [1.29, 1.82) is 0 Å². The number of hydrogen-bond acceptors (Lipinski definition) is 4. The van der Waals surface area contributed by atoms with Crippen molar-refractivity contribution in [2.45, 2.75) is 35.6 Å². The second kappa shape index (κ2) is 5.09. The minimum atomic E-state index is 0.331. The summed E-state index contributed by atoms with van der Waals surface area (Å²) in [5.41, 5.74) is 1.97. The number of alkyl halides is 2. The SMILES string of the molecule is CN(c1nc(C2C[I-]2)nc2cccnc12)C1CCCC1. The Morgan fingerprint density at radius 3 is 2.80 bits per heavy atom. The van der Waals surface area contributed by atoms with Gasteiger partial charge in [-0.05, 0) is 0 Å². The van der Waals surface area contributed by atoms with Crippen molar-refractivity contribution in [3.63, 3.8) is 0 Å². The standard InChI is InChI=1S/C15H18IN4/c1-20(10-5-2-3-6-10)15-13-12(7-4-8-17-13)18-14(19-15)11-9-16-11/h4,7-8,10-11H,2-3,5-6,9H2,1H3/q-1. The van der Waals surface area contributed by atoms with Crippen molar-refractivity contribution in [2.75, 3.05) is 16.4 Å². The summed E-state index contributed by atoms with van der Waals surface area (Å²) >= 11 is 0.331. The van der Waals surface area contributed by atoms with Crippen molar-refractivity contribution in [3.05, 3.63) is 24.2 Å². The van der Waals surface area contributed by atoms with Crippen LogP contribution in [0.15, 0.2) is 18.3 Å². The molecule has 1 atom stereocenters. The van der Waals surface area contributed by atoms with Gasteiger partial charge in [0.25, 0.3) is 0 Å². The maximum atomic E-state index is 4.89. The van der Waals surface area contributed by atoms with Gasteiger partial charge in [-0.1, -0.05) is 0 Å². The summed E-state index contributed by atoms with van der Waals surface area (Å²) in [7, 11) is 2.18. The zero-order valence-electron chi connectivity index (χ0n) is 11.6. The summed E-state index contributed by atoms with van der Waals surface area (Å²) < 4.78 is 2.03. The molecule has 0 radical (unpaired) electrons. The van der Waals surface area contributed by atoms with E-state index in [0.717, 1.165) is 22.7 Å². The first kappa shape index (κ1) is 12.7. The Hall–Kier alpha value is -0.980. The zero-order chi connectivity index (χ0) is 13.5. The van der Waals surface area contributed by atoms with E-state index in [0.29, 0.717) is 31.2 Å². The first-order valence-electron chi connectivity index (χ1n) is 7.26. The van der Waals surface area contributed by atoms with Gasteiger partial charge in [-0.3, -0.25) is 0 Å². The van der Waals surface area contributed by atoms with Crippen LogP contribution in [0.3, 0.4) is 0 Å². The summed E-state index contributed by atoms with van der Waals surface area (Å²) in [6.07, 6.45) is 7.08. The Morgan fingerprint density at radius 1 is 1.25 bits per heavy atom. The van der Waals surface area contributed by atoms with E-state index in [1.165, 1.54) is 30.1 Å². The van der Waals surface area contributed by atoms with Crippen molar-refractivity contribution in [2.24, 2.45) is 0 Å². The molecule has 1 saturated carbocycles. The van der Waals surface area contributed by atoms with Gasteiger partial charge in [0.2, 0.25) is 0 Å². The van der Waals surface area contributed by atoms with Gasteiger partial charge >= 0.3 is 129 Å². The van der Waals surface area contributed by atoms with E-state index in [1.807, 2.05) is 12.3 Å². The van der Waals surface area contributed by atoms with Crippen molar-refractivity contribution in [1.82, 2.24) is 15.0 Å². The molecule has 1 aliphatic heterocycles. The third-order valence-corrected chi connectivity index (χ3v) is 6.57. The van der Waals surface area contributed by atoms with Gasteiger partial charge < -0.3 is 0 Å². The molecule has 5 heteroatoms. The first-order valence-corrected chi connectivity index (χ1v) is 10.0. The molecule has 2 fully saturated rings. The number of anilines is 1. The third kappa shape index (κ3) is 2.25. The average Bonchev–Trinajstić information content (AvgIpc) is 3.20. The number of fused-ring (bicyclic) bond motifs is 1. The average molecular weight is 381 g/mol. The molecule has 3 heterocycles. The quantitative estimate of drug-likeness (QED) is 0.534. The van der Waals surface area contributed by atoms with Crippen LogP contribution in [-0.2, 0) is 0 Å². The second-order valence-corrected chi connectivity index (χ2v) is 8.87. The van der Waals surface area contributed by atoms with Gasteiger partial charge in [0, 0.05) is 0 Å². The molecule has 20 heavy (non-hydrogen) atoms. The van der Waals surface area contributed by atoms with Gasteiger partial charge in [0.1, 0.15) is 0 Å². The fourth-order valence-electron chi connectivity index (χ4n) is 3.00. The summed E-state index contributed by atoms with van der Waals surface area (Å²) in [4.78, 5) is 16.5. The monoisotopic (exact) mass is 381 g/mol. The molecular formula is C15H18IN4-. The molecule has 1 aliphatic carbocycles. The van der Waals surface area contributed by atoms with Gasteiger partial charge in [0.05, 0.1) is 0 Å². The molecule has 0 spiro atoms. The molecule has 4 rings (SSSR count). The summed E-state index contributed by atoms with van der Waals surface area (Å²) in [6, 6.07) is 4.66. The molecule has 0 amide bonds. The number of hydrogen-bond donors (Lipinski definition) is 0. The molecular weight excluding hydrogens is 363 g/mol. The van der Waals surface area contributed by atoms with Gasteiger partial charge in [-0.2, -0.15) is 0 Å². The van der Waals surface area contributed by atoms with Gasteiger partial charge in [-0.25, -0.2) is 0 Å². The molecule has 1 unspecified atom stereocenters. The Morgan fingerprint density at radius 2 is 2.05 bits per heavy atom. The molecule has 0 bridgehead atoms. The Bertz CT molecular complexity index is 635. The van der Waals surface area contributed by atoms with Crippen LogP contribution in [0.4, 0.5) is 5.82 Å². The summed E-state index contributed by atoms with van der Waals surface area (Å²) in [5.74, 6) is 2.12.